The molecule has 1 fully saturated rings. The third-order valence-corrected chi connectivity index (χ3v) is 2.03. The summed E-state index contributed by atoms with van der Waals surface area (Å²) >= 11 is 0. The molecule has 1 heterocycles. The maximum Gasteiger partial charge on any atom is 0.0926 e. The number of rotatable bonds is 4. The standard InChI is InChI=1S/C7H16N2O2/c1-10-5-4-9-3-2-7(6-9)11-8/h7H,2-6,8H2,1H3. The Balaban J connectivity index is 2.09. The summed E-state index contributed by atoms with van der Waals surface area (Å²) in [6.07, 6.45) is 1.27. The topological polar surface area (TPSA) is 47.7 Å². The van der Waals surface area contributed by atoms with Crippen LogP contribution in [0.25, 0.3) is 0 Å². The van der Waals surface area contributed by atoms with Crippen molar-refractivity contribution in [1.82, 2.24) is 4.90 Å². The summed E-state index contributed by atoms with van der Waals surface area (Å²) in [4.78, 5) is 7.03. The van der Waals surface area contributed by atoms with Gasteiger partial charge in [0.1, 0.15) is 0 Å². The Morgan fingerprint density at radius 1 is 1.64 bits per heavy atom. The van der Waals surface area contributed by atoms with E-state index in [4.69, 9.17) is 15.5 Å². The molecule has 0 aromatic rings. The van der Waals surface area contributed by atoms with Crippen LogP contribution < -0.4 is 5.90 Å². The van der Waals surface area contributed by atoms with Gasteiger partial charge in [0.2, 0.25) is 0 Å². The molecule has 1 rings (SSSR count). The second kappa shape index (κ2) is 4.66. The minimum absolute atomic E-state index is 0.229. The van der Waals surface area contributed by atoms with E-state index in [9.17, 15) is 0 Å². The fourth-order valence-corrected chi connectivity index (χ4v) is 1.33. The molecule has 0 aliphatic carbocycles. The van der Waals surface area contributed by atoms with Crippen LogP contribution in [-0.2, 0) is 9.57 Å². The first-order valence-corrected chi connectivity index (χ1v) is 3.93. The molecule has 1 atom stereocenters. The van der Waals surface area contributed by atoms with Crippen molar-refractivity contribution in [2.24, 2.45) is 5.90 Å². The summed E-state index contributed by atoms with van der Waals surface area (Å²) in [5.41, 5.74) is 0. The molecule has 4 nitrogen and oxygen atoms in total. The van der Waals surface area contributed by atoms with E-state index in [1.54, 1.807) is 7.11 Å². The van der Waals surface area contributed by atoms with Gasteiger partial charge in [-0.3, -0.25) is 9.74 Å². The SMILES string of the molecule is COCCN1CCC(ON)C1. The number of nitrogens with zero attached hydrogens (tertiary/aromatic N) is 1. The fourth-order valence-electron chi connectivity index (χ4n) is 1.33. The van der Waals surface area contributed by atoms with Gasteiger partial charge in [-0.25, -0.2) is 5.90 Å². The summed E-state index contributed by atoms with van der Waals surface area (Å²) in [5, 5.41) is 0. The van der Waals surface area contributed by atoms with Crippen LogP contribution in [0.2, 0.25) is 0 Å². The molecule has 1 aliphatic rings. The molecule has 11 heavy (non-hydrogen) atoms. The lowest BCUT2D eigenvalue weighted by molar-refractivity contribution is 0.0568. The summed E-state index contributed by atoms with van der Waals surface area (Å²) in [6.45, 7) is 3.79. The van der Waals surface area contributed by atoms with E-state index in [0.29, 0.717) is 0 Å². The predicted octanol–water partition coefficient (Wildman–Crippen LogP) is -0.403. The second-order valence-electron chi connectivity index (χ2n) is 2.84. The number of hydrogen-bond acceptors (Lipinski definition) is 4. The van der Waals surface area contributed by atoms with Crippen molar-refractivity contribution < 1.29 is 9.57 Å². The Morgan fingerprint density at radius 2 is 2.45 bits per heavy atom. The molecule has 4 heteroatoms. The Morgan fingerprint density at radius 3 is 3.00 bits per heavy atom. The second-order valence-corrected chi connectivity index (χ2v) is 2.84. The molecule has 1 saturated heterocycles. The molecule has 66 valence electrons. The average Bonchev–Trinajstić information content (AvgIpc) is 2.48. The van der Waals surface area contributed by atoms with Gasteiger partial charge < -0.3 is 4.74 Å². The molecule has 0 aromatic carbocycles. The molecular weight excluding hydrogens is 144 g/mol. The smallest absolute Gasteiger partial charge is 0.0926 e. The highest BCUT2D eigenvalue weighted by atomic mass is 16.6. The first-order chi connectivity index (χ1) is 5.36. The van der Waals surface area contributed by atoms with E-state index in [1.165, 1.54) is 0 Å². The van der Waals surface area contributed by atoms with Crippen molar-refractivity contribution in [3.63, 3.8) is 0 Å². The Labute approximate surface area is 67.2 Å². The van der Waals surface area contributed by atoms with Crippen molar-refractivity contribution in [3.05, 3.63) is 0 Å². The molecule has 0 spiro atoms. The van der Waals surface area contributed by atoms with Crippen molar-refractivity contribution >= 4 is 0 Å². The zero-order chi connectivity index (χ0) is 8.10. The largest absolute Gasteiger partial charge is 0.383 e. The van der Waals surface area contributed by atoms with Crippen molar-refractivity contribution in [2.45, 2.75) is 12.5 Å². The highest BCUT2D eigenvalue weighted by Gasteiger charge is 2.21. The average molecular weight is 160 g/mol. The predicted molar refractivity (Wildman–Crippen MR) is 42.0 cm³/mol. The Bertz CT molecular complexity index is 111. The van der Waals surface area contributed by atoms with Crippen molar-refractivity contribution in [1.29, 1.82) is 0 Å². The molecule has 1 unspecified atom stereocenters. The van der Waals surface area contributed by atoms with Gasteiger partial charge in [-0.2, -0.15) is 0 Å². The molecule has 0 radical (unpaired) electrons. The van der Waals surface area contributed by atoms with E-state index in [1.807, 2.05) is 0 Å². The zero-order valence-corrected chi connectivity index (χ0v) is 6.95. The van der Waals surface area contributed by atoms with Crippen LogP contribution in [0.1, 0.15) is 6.42 Å². The monoisotopic (exact) mass is 160 g/mol. The van der Waals surface area contributed by atoms with Gasteiger partial charge in [0.15, 0.2) is 0 Å². The number of hydrogen-bond donors (Lipinski definition) is 1. The number of likely N-dealkylation sites (tertiary alicyclic amines) is 1. The van der Waals surface area contributed by atoms with E-state index in [-0.39, 0.29) is 6.10 Å². The summed E-state index contributed by atoms with van der Waals surface area (Å²) in [7, 11) is 1.72. The molecule has 1 aliphatic heterocycles. The maximum absolute atomic E-state index is 5.07. The van der Waals surface area contributed by atoms with E-state index >= 15 is 0 Å². The van der Waals surface area contributed by atoms with E-state index in [2.05, 4.69) is 4.90 Å². The first-order valence-electron chi connectivity index (χ1n) is 3.93. The number of ether oxygens (including phenoxy) is 1. The van der Waals surface area contributed by atoms with Gasteiger partial charge in [-0.1, -0.05) is 0 Å². The number of methoxy groups -OCH3 is 1. The minimum Gasteiger partial charge on any atom is -0.383 e. The molecule has 2 N–H and O–H groups in total. The Kier molecular flexibility index (Phi) is 3.79. The normalized spacial score (nSPS) is 26.2. The van der Waals surface area contributed by atoms with Gasteiger partial charge in [0.25, 0.3) is 0 Å². The van der Waals surface area contributed by atoms with Crippen LogP contribution in [0.15, 0.2) is 0 Å². The Hall–Kier alpha value is -0.160. The molecule has 0 amide bonds. The lowest BCUT2D eigenvalue weighted by Crippen LogP contribution is -2.27. The molecule has 0 aromatic heterocycles. The third-order valence-electron chi connectivity index (χ3n) is 2.03. The lowest BCUT2D eigenvalue weighted by atomic mass is 10.3. The van der Waals surface area contributed by atoms with Crippen LogP contribution in [0, 0.1) is 0 Å². The van der Waals surface area contributed by atoms with Crippen LogP contribution in [0.4, 0.5) is 0 Å². The lowest BCUT2D eigenvalue weighted by Gasteiger charge is -2.13. The van der Waals surface area contributed by atoms with Crippen LogP contribution in [-0.4, -0.2) is 44.4 Å². The number of nitrogens with two attached hydrogens (primary N) is 1. The first kappa shape index (κ1) is 8.93. The summed E-state index contributed by atoms with van der Waals surface area (Å²) < 4.78 is 4.96. The summed E-state index contributed by atoms with van der Waals surface area (Å²) in [5.74, 6) is 5.07. The summed E-state index contributed by atoms with van der Waals surface area (Å²) in [6, 6.07) is 0. The van der Waals surface area contributed by atoms with E-state index < -0.39 is 0 Å². The van der Waals surface area contributed by atoms with Crippen LogP contribution >= 0.6 is 0 Å². The van der Waals surface area contributed by atoms with Crippen LogP contribution in [0.5, 0.6) is 0 Å². The van der Waals surface area contributed by atoms with Gasteiger partial charge in [0, 0.05) is 26.7 Å². The van der Waals surface area contributed by atoms with E-state index in [0.717, 1.165) is 32.7 Å². The van der Waals surface area contributed by atoms with Crippen LogP contribution in [0.3, 0.4) is 0 Å². The van der Waals surface area contributed by atoms with Gasteiger partial charge in [-0.05, 0) is 6.42 Å². The maximum atomic E-state index is 5.07. The van der Waals surface area contributed by atoms with Crippen molar-refractivity contribution in [3.8, 4) is 0 Å². The zero-order valence-electron chi connectivity index (χ0n) is 6.95. The van der Waals surface area contributed by atoms with Gasteiger partial charge >= 0.3 is 0 Å². The van der Waals surface area contributed by atoms with Crippen molar-refractivity contribution in [2.75, 3.05) is 33.4 Å². The fraction of sp³-hybridized carbons (Fsp3) is 1.00. The van der Waals surface area contributed by atoms with Gasteiger partial charge in [-0.15, -0.1) is 0 Å². The molecular formula is C7H16N2O2. The highest BCUT2D eigenvalue weighted by Crippen LogP contribution is 2.09. The highest BCUT2D eigenvalue weighted by molar-refractivity contribution is 4.74. The quantitative estimate of drug-likeness (QED) is 0.568. The molecule has 0 bridgehead atoms. The van der Waals surface area contributed by atoms with Gasteiger partial charge in [0.05, 0.1) is 12.7 Å². The third kappa shape index (κ3) is 2.75. The minimum atomic E-state index is 0.229. The molecule has 0 saturated carbocycles.